The Morgan fingerprint density at radius 3 is 2.68 bits per heavy atom. The van der Waals surface area contributed by atoms with E-state index in [-0.39, 0.29) is 11.8 Å². The van der Waals surface area contributed by atoms with Crippen LogP contribution in [0.4, 0.5) is 5.69 Å². The van der Waals surface area contributed by atoms with E-state index >= 15 is 0 Å². The number of nitrogens with one attached hydrogen (secondary N) is 1. The molecule has 0 aromatic heterocycles. The highest BCUT2D eigenvalue weighted by molar-refractivity contribution is 6.32. The Labute approximate surface area is 119 Å². The van der Waals surface area contributed by atoms with Gasteiger partial charge in [-0.1, -0.05) is 31.4 Å². The van der Waals surface area contributed by atoms with E-state index in [1.165, 1.54) is 12.8 Å². The van der Waals surface area contributed by atoms with Crippen molar-refractivity contribution in [1.29, 1.82) is 0 Å². The molecular weight excluding hydrogens is 262 g/mol. The molecule has 1 aliphatic rings. The fraction of sp³-hybridized carbons (Fsp3) is 0.533. The van der Waals surface area contributed by atoms with Crippen molar-refractivity contribution in [2.75, 3.05) is 12.4 Å². The molecule has 2 rings (SSSR count). The number of carbonyl (C=O) groups is 1. The van der Waals surface area contributed by atoms with E-state index in [0.717, 1.165) is 18.5 Å². The third-order valence-corrected chi connectivity index (χ3v) is 4.24. The van der Waals surface area contributed by atoms with Crippen molar-refractivity contribution in [3.63, 3.8) is 0 Å². The molecule has 19 heavy (non-hydrogen) atoms. The first kappa shape index (κ1) is 14.2. The molecule has 1 amide bonds. The van der Waals surface area contributed by atoms with Gasteiger partial charge < -0.3 is 10.1 Å². The van der Waals surface area contributed by atoms with Gasteiger partial charge in [0.25, 0.3) is 0 Å². The molecule has 1 unspecified atom stereocenters. The monoisotopic (exact) mass is 281 g/mol. The van der Waals surface area contributed by atoms with Crippen LogP contribution in [0.5, 0.6) is 5.75 Å². The van der Waals surface area contributed by atoms with E-state index < -0.39 is 0 Å². The van der Waals surface area contributed by atoms with Crippen LogP contribution in [0.2, 0.25) is 5.02 Å². The van der Waals surface area contributed by atoms with Crippen LogP contribution in [-0.2, 0) is 4.79 Å². The average molecular weight is 282 g/mol. The van der Waals surface area contributed by atoms with E-state index in [4.69, 9.17) is 16.3 Å². The molecule has 104 valence electrons. The highest BCUT2D eigenvalue weighted by Crippen LogP contribution is 2.32. The van der Waals surface area contributed by atoms with Gasteiger partial charge in [0.1, 0.15) is 5.75 Å². The Morgan fingerprint density at radius 2 is 2.11 bits per heavy atom. The molecule has 1 atom stereocenters. The Kier molecular flexibility index (Phi) is 4.70. The fourth-order valence-corrected chi connectivity index (χ4v) is 2.93. The van der Waals surface area contributed by atoms with E-state index in [1.807, 2.05) is 13.0 Å². The number of hydrogen-bond acceptors (Lipinski definition) is 2. The number of ether oxygens (including phenoxy) is 1. The second-order valence-corrected chi connectivity index (χ2v) is 5.58. The van der Waals surface area contributed by atoms with Gasteiger partial charge in [-0.15, -0.1) is 0 Å². The normalized spacial score (nSPS) is 17.2. The maximum Gasteiger partial charge on any atom is 0.227 e. The first-order valence-electron chi connectivity index (χ1n) is 6.76. The summed E-state index contributed by atoms with van der Waals surface area (Å²) in [5.41, 5.74) is 0.723. The van der Waals surface area contributed by atoms with Crippen LogP contribution in [0.3, 0.4) is 0 Å². The smallest absolute Gasteiger partial charge is 0.227 e. The zero-order valence-electron chi connectivity index (χ0n) is 11.4. The summed E-state index contributed by atoms with van der Waals surface area (Å²) < 4.78 is 5.09. The van der Waals surface area contributed by atoms with Crippen molar-refractivity contribution in [2.24, 2.45) is 11.8 Å². The second-order valence-electron chi connectivity index (χ2n) is 5.17. The maximum absolute atomic E-state index is 12.2. The zero-order chi connectivity index (χ0) is 13.8. The topological polar surface area (TPSA) is 38.3 Å². The Hall–Kier alpha value is -1.22. The lowest BCUT2D eigenvalue weighted by molar-refractivity contribution is -0.120. The van der Waals surface area contributed by atoms with E-state index in [1.54, 1.807) is 19.2 Å². The van der Waals surface area contributed by atoms with Crippen LogP contribution in [0.1, 0.15) is 32.6 Å². The number of anilines is 1. The molecule has 0 radical (unpaired) electrons. The predicted octanol–water partition coefficient (Wildman–Crippen LogP) is 4.11. The molecule has 1 fully saturated rings. The van der Waals surface area contributed by atoms with E-state index in [0.29, 0.717) is 16.7 Å². The summed E-state index contributed by atoms with van der Waals surface area (Å²) in [5, 5.41) is 3.44. The van der Waals surface area contributed by atoms with Gasteiger partial charge in [-0.05, 0) is 37.0 Å². The highest BCUT2D eigenvalue weighted by atomic mass is 35.5. The molecule has 3 nitrogen and oxygen atoms in total. The van der Waals surface area contributed by atoms with Crippen molar-refractivity contribution in [3.05, 3.63) is 23.2 Å². The summed E-state index contributed by atoms with van der Waals surface area (Å²) in [5.74, 6) is 1.27. The largest absolute Gasteiger partial charge is 0.495 e. The van der Waals surface area contributed by atoms with E-state index in [2.05, 4.69) is 5.32 Å². The van der Waals surface area contributed by atoms with Crippen LogP contribution in [0.15, 0.2) is 18.2 Å². The highest BCUT2D eigenvalue weighted by Gasteiger charge is 2.26. The Bertz CT molecular complexity index is 455. The summed E-state index contributed by atoms with van der Waals surface area (Å²) in [6.07, 6.45) is 4.82. The molecular formula is C15H20ClNO2. The average Bonchev–Trinajstić information content (AvgIpc) is 2.92. The standard InChI is InChI=1S/C15H20ClNO2/c1-10(11-5-3-4-6-11)15(18)17-12-7-8-14(19-2)13(16)9-12/h7-11H,3-6H2,1-2H3,(H,17,18). The van der Waals surface area contributed by atoms with Crippen molar-refractivity contribution in [2.45, 2.75) is 32.6 Å². The number of carbonyl (C=O) groups excluding carboxylic acids is 1. The van der Waals surface area contributed by atoms with Crippen molar-refractivity contribution in [3.8, 4) is 5.75 Å². The van der Waals surface area contributed by atoms with Gasteiger partial charge in [0, 0.05) is 11.6 Å². The minimum absolute atomic E-state index is 0.0587. The minimum Gasteiger partial charge on any atom is -0.495 e. The molecule has 1 aromatic rings. The summed E-state index contributed by atoms with van der Waals surface area (Å²) in [6.45, 7) is 2.01. The number of rotatable bonds is 4. The summed E-state index contributed by atoms with van der Waals surface area (Å²) in [7, 11) is 1.57. The van der Waals surface area contributed by atoms with Gasteiger partial charge in [-0.25, -0.2) is 0 Å². The third kappa shape index (κ3) is 3.41. The van der Waals surface area contributed by atoms with Gasteiger partial charge in [0.2, 0.25) is 5.91 Å². The Morgan fingerprint density at radius 1 is 1.42 bits per heavy atom. The van der Waals surface area contributed by atoms with Gasteiger partial charge in [0.05, 0.1) is 12.1 Å². The molecule has 0 bridgehead atoms. The molecule has 1 aliphatic carbocycles. The molecule has 0 heterocycles. The lowest BCUT2D eigenvalue weighted by atomic mass is 9.92. The number of halogens is 1. The third-order valence-electron chi connectivity index (χ3n) is 3.94. The van der Waals surface area contributed by atoms with Gasteiger partial charge in [0.15, 0.2) is 0 Å². The molecule has 0 aliphatic heterocycles. The summed E-state index contributed by atoms with van der Waals surface area (Å²) in [6, 6.07) is 5.29. The second kappa shape index (κ2) is 6.29. The molecule has 0 spiro atoms. The summed E-state index contributed by atoms with van der Waals surface area (Å²) >= 11 is 6.04. The first-order valence-corrected chi connectivity index (χ1v) is 7.14. The summed E-state index contributed by atoms with van der Waals surface area (Å²) in [4.78, 5) is 12.2. The molecule has 1 N–H and O–H groups in total. The van der Waals surface area contributed by atoms with Crippen LogP contribution in [-0.4, -0.2) is 13.0 Å². The molecule has 0 saturated heterocycles. The Balaban J connectivity index is 2.00. The van der Waals surface area contributed by atoms with Crippen molar-refractivity contribution < 1.29 is 9.53 Å². The SMILES string of the molecule is COc1ccc(NC(=O)C(C)C2CCCC2)cc1Cl. The van der Waals surface area contributed by atoms with Crippen LogP contribution >= 0.6 is 11.6 Å². The number of amides is 1. The van der Waals surface area contributed by atoms with Crippen LogP contribution in [0, 0.1) is 11.8 Å². The number of hydrogen-bond donors (Lipinski definition) is 1. The quantitative estimate of drug-likeness (QED) is 0.902. The van der Waals surface area contributed by atoms with Crippen LogP contribution in [0.25, 0.3) is 0 Å². The van der Waals surface area contributed by atoms with Crippen molar-refractivity contribution >= 4 is 23.2 Å². The molecule has 4 heteroatoms. The van der Waals surface area contributed by atoms with Gasteiger partial charge >= 0.3 is 0 Å². The minimum atomic E-state index is 0.0587. The number of benzene rings is 1. The molecule has 1 aromatic carbocycles. The zero-order valence-corrected chi connectivity index (χ0v) is 12.2. The lowest BCUT2D eigenvalue weighted by Crippen LogP contribution is -2.25. The van der Waals surface area contributed by atoms with Crippen LogP contribution < -0.4 is 10.1 Å². The van der Waals surface area contributed by atoms with Gasteiger partial charge in [-0.3, -0.25) is 4.79 Å². The fourth-order valence-electron chi connectivity index (χ4n) is 2.67. The van der Waals surface area contributed by atoms with E-state index in [9.17, 15) is 4.79 Å². The maximum atomic E-state index is 12.2. The lowest BCUT2D eigenvalue weighted by Gasteiger charge is -2.18. The van der Waals surface area contributed by atoms with Crippen molar-refractivity contribution in [1.82, 2.24) is 0 Å². The predicted molar refractivity (Wildman–Crippen MR) is 77.8 cm³/mol. The molecule has 1 saturated carbocycles. The van der Waals surface area contributed by atoms with Gasteiger partial charge in [-0.2, -0.15) is 0 Å². The number of methoxy groups -OCH3 is 1. The first-order chi connectivity index (χ1) is 9.11.